The zero-order chi connectivity index (χ0) is 26.6. The third kappa shape index (κ3) is 4.14. The SMILES string of the molecule is Cc1ccc(Cl)cc1N1C(=O)c2nc(-c3ccc(C(=O)O)cc3O)n(C(C)C)c2C1c1ccc(Cl)cc1. The van der Waals surface area contributed by atoms with Gasteiger partial charge in [-0.2, -0.15) is 0 Å². The molecule has 0 aliphatic carbocycles. The lowest BCUT2D eigenvalue weighted by atomic mass is 10.0. The predicted molar refractivity (Wildman–Crippen MR) is 143 cm³/mol. The number of phenols is 1. The van der Waals surface area contributed by atoms with Crippen LogP contribution in [0.25, 0.3) is 11.4 Å². The summed E-state index contributed by atoms with van der Waals surface area (Å²) in [6.07, 6.45) is 0. The van der Waals surface area contributed by atoms with Crippen LogP contribution in [0.2, 0.25) is 10.0 Å². The van der Waals surface area contributed by atoms with E-state index in [1.54, 1.807) is 29.2 Å². The Morgan fingerprint density at radius 2 is 1.68 bits per heavy atom. The molecule has 0 saturated carbocycles. The molecule has 188 valence electrons. The van der Waals surface area contributed by atoms with Crippen molar-refractivity contribution >= 4 is 40.8 Å². The molecular weight excluding hydrogens is 513 g/mol. The van der Waals surface area contributed by atoms with E-state index in [4.69, 9.17) is 28.2 Å². The Kier molecular flexibility index (Phi) is 6.22. The lowest BCUT2D eigenvalue weighted by molar-refractivity contribution is 0.0696. The molecule has 5 rings (SSSR count). The quantitative estimate of drug-likeness (QED) is 0.289. The molecule has 1 aromatic heterocycles. The van der Waals surface area contributed by atoms with Crippen LogP contribution in [0.4, 0.5) is 5.69 Å². The molecule has 1 aliphatic rings. The second kappa shape index (κ2) is 9.25. The van der Waals surface area contributed by atoms with E-state index in [0.29, 0.717) is 32.8 Å². The van der Waals surface area contributed by atoms with Gasteiger partial charge in [0.25, 0.3) is 5.91 Å². The summed E-state index contributed by atoms with van der Waals surface area (Å²) in [4.78, 5) is 31.8. The van der Waals surface area contributed by atoms with E-state index >= 15 is 0 Å². The topological polar surface area (TPSA) is 95.7 Å². The number of aromatic carboxylic acids is 1. The third-order valence-corrected chi connectivity index (χ3v) is 6.99. The molecule has 0 bridgehead atoms. The summed E-state index contributed by atoms with van der Waals surface area (Å²) in [5.74, 6) is -1.31. The van der Waals surface area contributed by atoms with Gasteiger partial charge in [-0.3, -0.25) is 9.69 Å². The smallest absolute Gasteiger partial charge is 0.335 e. The van der Waals surface area contributed by atoms with Gasteiger partial charge in [0.05, 0.1) is 16.8 Å². The third-order valence-electron chi connectivity index (χ3n) is 6.51. The first-order chi connectivity index (χ1) is 17.6. The Bertz CT molecular complexity index is 1560. The normalized spacial score (nSPS) is 14.9. The number of fused-ring (bicyclic) bond motifs is 1. The molecule has 2 N–H and O–H groups in total. The first-order valence-electron chi connectivity index (χ1n) is 11.6. The molecule has 9 heteroatoms. The fourth-order valence-corrected chi connectivity index (χ4v) is 5.12. The minimum absolute atomic E-state index is 0.0471. The monoisotopic (exact) mass is 535 g/mol. The van der Waals surface area contributed by atoms with Crippen molar-refractivity contribution in [2.24, 2.45) is 0 Å². The van der Waals surface area contributed by atoms with E-state index in [0.717, 1.165) is 11.1 Å². The van der Waals surface area contributed by atoms with E-state index in [2.05, 4.69) is 0 Å². The number of imidazole rings is 1. The highest BCUT2D eigenvalue weighted by Crippen LogP contribution is 2.46. The van der Waals surface area contributed by atoms with Gasteiger partial charge in [-0.15, -0.1) is 0 Å². The number of carboxylic acid groups (broad SMARTS) is 1. The van der Waals surface area contributed by atoms with Crippen molar-refractivity contribution in [1.82, 2.24) is 9.55 Å². The van der Waals surface area contributed by atoms with Crippen molar-refractivity contribution in [2.75, 3.05) is 4.90 Å². The molecule has 1 amide bonds. The number of aromatic hydroxyl groups is 1. The van der Waals surface area contributed by atoms with Crippen molar-refractivity contribution in [1.29, 1.82) is 0 Å². The van der Waals surface area contributed by atoms with E-state index < -0.39 is 12.0 Å². The molecule has 3 aromatic carbocycles. The Labute approximate surface area is 223 Å². The summed E-state index contributed by atoms with van der Waals surface area (Å²) >= 11 is 12.5. The molecule has 1 atom stereocenters. The summed E-state index contributed by atoms with van der Waals surface area (Å²) in [5.41, 5.74) is 3.58. The fraction of sp³-hybridized carbons (Fsp3) is 0.179. The van der Waals surface area contributed by atoms with Gasteiger partial charge >= 0.3 is 5.97 Å². The number of anilines is 1. The largest absolute Gasteiger partial charge is 0.507 e. The summed E-state index contributed by atoms with van der Waals surface area (Å²) in [6, 6.07) is 16.1. The molecule has 37 heavy (non-hydrogen) atoms. The zero-order valence-corrected chi connectivity index (χ0v) is 21.7. The maximum absolute atomic E-state index is 14.0. The van der Waals surface area contributed by atoms with Crippen molar-refractivity contribution in [3.8, 4) is 17.1 Å². The fourth-order valence-electron chi connectivity index (χ4n) is 4.83. The van der Waals surface area contributed by atoms with Crippen LogP contribution in [0.1, 0.15) is 63.6 Å². The number of carboxylic acids is 1. The van der Waals surface area contributed by atoms with Crippen LogP contribution < -0.4 is 4.90 Å². The number of halogens is 2. The number of aryl methyl sites for hydroxylation is 1. The number of amides is 1. The number of carbonyl (C=O) groups excluding carboxylic acids is 1. The maximum atomic E-state index is 14.0. The van der Waals surface area contributed by atoms with Crippen molar-refractivity contribution in [3.05, 3.63) is 98.8 Å². The van der Waals surface area contributed by atoms with Gasteiger partial charge in [0.2, 0.25) is 0 Å². The second-order valence-corrected chi connectivity index (χ2v) is 10.1. The van der Waals surface area contributed by atoms with E-state index in [1.165, 1.54) is 18.2 Å². The lowest BCUT2D eigenvalue weighted by Crippen LogP contribution is -2.31. The molecule has 0 saturated heterocycles. The van der Waals surface area contributed by atoms with Crippen LogP contribution in [-0.4, -0.2) is 31.6 Å². The molecule has 1 aliphatic heterocycles. The summed E-state index contributed by atoms with van der Waals surface area (Å²) < 4.78 is 1.92. The van der Waals surface area contributed by atoms with Gasteiger partial charge in [0.15, 0.2) is 5.69 Å². The highest BCUT2D eigenvalue weighted by atomic mass is 35.5. The molecule has 2 heterocycles. The van der Waals surface area contributed by atoms with Crippen LogP contribution in [0.3, 0.4) is 0 Å². The van der Waals surface area contributed by atoms with Gasteiger partial charge in [0.1, 0.15) is 17.6 Å². The van der Waals surface area contributed by atoms with Gasteiger partial charge in [-0.05, 0) is 74.4 Å². The second-order valence-electron chi connectivity index (χ2n) is 9.23. The van der Waals surface area contributed by atoms with Crippen molar-refractivity contribution < 1.29 is 19.8 Å². The molecular formula is C28H23Cl2N3O4. The average molecular weight is 536 g/mol. The number of benzene rings is 3. The van der Waals surface area contributed by atoms with Gasteiger partial charge in [-0.25, -0.2) is 9.78 Å². The highest BCUT2D eigenvalue weighted by Gasteiger charge is 2.45. The molecule has 0 fully saturated rings. The summed E-state index contributed by atoms with van der Waals surface area (Å²) in [6.45, 7) is 5.84. The number of rotatable bonds is 5. The summed E-state index contributed by atoms with van der Waals surface area (Å²) in [7, 11) is 0. The van der Waals surface area contributed by atoms with E-state index in [9.17, 15) is 19.8 Å². The number of aromatic nitrogens is 2. The number of hydrogen-bond donors (Lipinski definition) is 2. The van der Waals surface area contributed by atoms with Gasteiger partial charge < -0.3 is 14.8 Å². The van der Waals surface area contributed by atoms with Crippen molar-refractivity contribution in [3.63, 3.8) is 0 Å². The summed E-state index contributed by atoms with van der Waals surface area (Å²) in [5, 5.41) is 21.1. The Morgan fingerprint density at radius 1 is 1.00 bits per heavy atom. The Morgan fingerprint density at radius 3 is 2.30 bits per heavy atom. The highest BCUT2D eigenvalue weighted by molar-refractivity contribution is 6.31. The minimum Gasteiger partial charge on any atom is -0.507 e. The molecule has 4 aromatic rings. The number of carbonyl (C=O) groups is 2. The Balaban J connectivity index is 1.78. The number of nitrogens with zero attached hydrogens (tertiary/aromatic N) is 3. The van der Waals surface area contributed by atoms with Crippen LogP contribution in [0.15, 0.2) is 60.7 Å². The number of hydrogen-bond acceptors (Lipinski definition) is 4. The maximum Gasteiger partial charge on any atom is 0.335 e. The average Bonchev–Trinajstić information content (AvgIpc) is 3.36. The van der Waals surface area contributed by atoms with E-state index in [-0.39, 0.29) is 29.0 Å². The van der Waals surface area contributed by atoms with Crippen LogP contribution in [-0.2, 0) is 0 Å². The van der Waals surface area contributed by atoms with Crippen molar-refractivity contribution in [2.45, 2.75) is 32.9 Å². The molecule has 0 spiro atoms. The zero-order valence-electron chi connectivity index (χ0n) is 20.2. The molecule has 1 unspecified atom stereocenters. The van der Waals surface area contributed by atoms with Crippen LogP contribution >= 0.6 is 23.2 Å². The van der Waals surface area contributed by atoms with E-state index in [1.807, 2.05) is 43.5 Å². The first kappa shape index (κ1) is 24.9. The van der Waals surface area contributed by atoms with Crippen LogP contribution in [0, 0.1) is 6.92 Å². The lowest BCUT2D eigenvalue weighted by Gasteiger charge is -2.29. The molecule has 7 nitrogen and oxygen atoms in total. The Hall–Kier alpha value is -3.81. The van der Waals surface area contributed by atoms with Gasteiger partial charge in [-0.1, -0.05) is 41.4 Å². The van der Waals surface area contributed by atoms with Gasteiger partial charge in [0, 0.05) is 21.8 Å². The minimum atomic E-state index is -1.15. The predicted octanol–water partition coefficient (Wildman–Crippen LogP) is 6.90. The standard InChI is InChI=1S/C28H23Cl2N3O4/c1-14(2)32-25-23(31-26(32)20-11-7-17(28(36)37)12-22(20)34)27(35)33(21-13-19(30)8-4-15(21)3)24(25)16-5-9-18(29)10-6-16/h4-14,24,34H,1-3H3,(H,36,37). The van der Waals surface area contributed by atoms with Crippen LogP contribution in [0.5, 0.6) is 5.75 Å². The first-order valence-corrected chi connectivity index (χ1v) is 12.4. The number of phenolic OH excluding ortho intramolecular Hbond substituents is 1. The molecule has 0 radical (unpaired) electrons.